The molecule has 0 radical (unpaired) electrons. The van der Waals surface area contributed by atoms with Crippen LogP contribution in [0, 0.1) is 0 Å². The average Bonchev–Trinajstić information content (AvgIpc) is 3.08. The van der Waals surface area contributed by atoms with Crippen molar-refractivity contribution in [2.24, 2.45) is 7.05 Å². The lowest BCUT2D eigenvalue weighted by Gasteiger charge is -2.15. The summed E-state index contributed by atoms with van der Waals surface area (Å²) < 4.78 is 15.1. The second-order valence-electron chi connectivity index (χ2n) is 4.52. The van der Waals surface area contributed by atoms with Crippen molar-refractivity contribution >= 4 is 93.3 Å². The molecule has 162 valence electrons. The number of carbonyl (C=O) groups is 2. The predicted molar refractivity (Wildman–Crippen MR) is 106 cm³/mol. The van der Waals surface area contributed by atoms with Gasteiger partial charge in [0.1, 0.15) is 23.8 Å². The molecule has 0 fully saturated rings. The van der Waals surface area contributed by atoms with Gasteiger partial charge in [-0.25, -0.2) is 23.6 Å². The van der Waals surface area contributed by atoms with Gasteiger partial charge in [-0.2, -0.15) is 0 Å². The Kier molecular flexibility index (Phi) is 9.28. The minimum atomic E-state index is -2.24. The molecule has 0 aliphatic heterocycles. The number of esters is 1. The quantitative estimate of drug-likeness (QED) is 0.397. The molecular formula is C12H8Cl7N3O7. The number of alkyl halides is 6. The van der Waals surface area contributed by atoms with E-state index in [0.717, 1.165) is 9.25 Å². The second-order valence-corrected chi connectivity index (χ2v) is 9.21. The van der Waals surface area contributed by atoms with E-state index in [1.165, 1.54) is 26.7 Å². The first-order valence-corrected chi connectivity index (χ1v) is 9.32. The Morgan fingerprint density at radius 3 is 1.97 bits per heavy atom. The van der Waals surface area contributed by atoms with Gasteiger partial charge in [0.05, 0.1) is 7.11 Å². The maximum absolute atomic E-state index is 11.7. The van der Waals surface area contributed by atoms with Crippen LogP contribution in [0.4, 0.5) is 4.79 Å². The molecule has 0 bridgehead atoms. The van der Waals surface area contributed by atoms with E-state index in [-0.39, 0.29) is 16.5 Å². The molecule has 0 aliphatic carbocycles. The minimum Gasteiger partial charge on any atom is -0.469 e. The lowest BCUT2D eigenvalue weighted by Crippen LogP contribution is -2.22. The van der Waals surface area contributed by atoms with Crippen LogP contribution in [0.15, 0.2) is 21.7 Å². The lowest BCUT2D eigenvalue weighted by atomic mass is 10.3. The van der Waals surface area contributed by atoms with Gasteiger partial charge in [-0.15, -0.1) is 5.10 Å². The summed E-state index contributed by atoms with van der Waals surface area (Å²) in [7, 11) is 2.68. The number of hydrogen-bond donors (Lipinski definition) is 0. The summed E-state index contributed by atoms with van der Waals surface area (Å²) >= 11 is 36.0. The molecule has 2 aromatic rings. The summed E-state index contributed by atoms with van der Waals surface area (Å²) in [5.41, 5.74) is -0.189. The smallest absolute Gasteiger partial charge is 0.469 e. The van der Waals surface area contributed by atoms with Gasteiger partial charge in [0.2, 0.25) is 5.28 Å². The number of rotatable bonds is 2. The predicted octanol–water partition coefficient (Wildman–Crippen LogP) is 4.40. The Hall–Kier alpha value is -1.01. The highest BCUT2D eigenvalue weighted by Crippen LogP contribution is 2.32. The Labute approximate surface area is 196 Å². The summed E-state index contributed by atoms with van der Waals surface area (Å²) in [5, 5.41) is 3.67. The molecule has 2 aromatic heterocycles. The largest absolute Gasteiger partial charge is 0.515 e. The highest BCUT2D eigenvalue weighted by molar-refractivity contribution is 6.67. The summed E-state index contributed by atoms with van der Waals surface area (Å²) in [6, 6.07) is 0. The molecule has 0 unspecified atom stereocenters. The van der Waals surface area contributed by atoms with E-state index in [9.17, 15) is 14.4 Å². The zero-order valence-electron chi connectivity index (χ0n) is 14.0. The van der Waals surface area contributed by atoms with Gasteiger partial charge in [0.25, 0.3) is 0 Å². The fourth-order valence-electron chi connectivity index (χ4n) is 1.57. The van der Waals surface area contributed by atoms with E-state index in [0.29, 0.717) is 0 Å². The zero-order chi connectivity index (χ0) is 22.6. The van der Waals surface area contributed by atoms with Crippen LogP contribution in [0.5, 0.6) is 0 Å². The van der Waals surface area contributed by atoms with Crippen molar-refractivity contribution < 1.29 is 28.2 Å². The van der Waals surface area contributed by atoms with Crippen molar-refractivity contribution in [3.8, 4) is 5.69 Å². The van der Waals surface area contributed by atoms with E-state index < -0.39 is 25.8 Å². The molecule has 0 amide bonds. The van der Waals surface area contributed by atoms with Crippen molar-refractivity contribution in [2.75, 3.05) is 7.11 Å². The van der Waals surface area contributed by atoms with Crippen molar-refractivity contribution in [1.82, 2.24) is 14.3 Å². The summed E-state index contributed by atoms with van der Waals surface area (Å²) in [4.78, 5) is 33.7. The van der Waals surface area contributed by atoms with Gasteiger partial charge >= 0.3 is 25.8 Å². The number of aromatic nitrogens is 3. The Balaban J connectivity index is 0.000000311. The molecule has 2 rings (SSSR count). The molecule has 0 saturated heterocycles. The number of ether oxygens (including phenoxy) is 3. The maximum atomic E-state index is 11.7. The first kappa shape index (κ1) is 26.0. The molecule has 0 aromatic carbocycles. The van der Waals surface area contributed by atoms with E-state index in [2.05, 4.69) is 19.3 Å². The zero-order valence-corrected chi connectivity index (χ0v) is 19.3. The van der Waals surface area contributed by atoms with Crippen molar-refractivity contribution in [3.05, 3.63) is 33.9 Å². The molecule has 10 nitrogen and oxygen atoms in total. The Morgan fingerprint density at radius 1 is 1.07 bits per heavy atom. The van der Waals surface area contributed by atoms with Crippen molar-refractivity contribution in [1.29, 1.82) is 0 Å². The van der Waals surface area contributed by atoms with Crippen LogP contribution in [-0.2, 0) is 21.3 Å². The fraction of sp³-hybridized carbons (Fsp3) is 0.333. The first-order chi connectivity index (χ1) is 13.2. The highest BCUT2D eigenvalue weighted by atomic mass is 35.6. The summed E-state index contributed by atoms with van der Waals surface area (Å²) in [6.07, 6.45) is 0.994. The van der Waals surface area contributed by atoms with Crippen LogP contribution < -0.4 is 5.69 Å². The number of halogens is 7. The Bertz CT molecular complexity index is 908. The highest BCUT2D eigenvalue weighted by Gasteiger charge is 2.32. The molecule has 17 heteroatoms. The molecule has 0 N–H and O–H groups in total. The van der Waals surface area contributed by atoms with E-state index in [1.54, 1.807) is 0 Å². The van der Waals surface area contributed by atoms with Crippen LogP contribution in [0.1, 0.15) is 10.4 Å². The van der Waals surface area contributed by atoms with Crippen LogP contribution in [0.3, 0.4) is 0 Å². The monoisotopic (exact) mass is 551 g/mol. The number of methoxy groups -OCH3 is 1. The average molecular weight is 554 g/mol. The number of hydrogen-bond acceptors (Lipinski definition) is 8. The lowest BCUT2D eigenvalue weighted by molar-refractivity contribution is 0.0507. The molecule has 0 atom stereocenters. The van der Waals surface area contributed by atoms with Gasteiger partial charge < -0.3 is 18.6 Å². The third kappa shape index (κ3) is 8.33. The van der Waals surface area contributed by atoms with E-state index >= 15 is 0 Å². The standard InChI is InChI=1S/C9H8ClN3O4.C3Cl6O3/c1-12-9(15)13(8(10)11-12)6-4-17-3-5(6)7(14)16-2;4-2(5,6)11-1(10)12-3(7,8)9/h3-4H,1-2H3;. The fourth-order valence-corrected chi connectivity index (χ4v) is 2.23. The third-order valence-electron chi connectivity index (χ3n) is 2.57. The topological polar surface area (TPSA) is 115 Å². The van der Waals surface area contributed by atoms with Gasteiger partial charge in [-0.05, 0) is 81.2 Å². The second kappa shape index (κ2) is 10.3. The van der Waals surface area contributed by atoms with Gasteiger partial charge in [-0.3, -0.25) is 0 Å². The minimum absolute atomic E-state index is 0.0657. The van der Waals surface area contributed by atoms with Crippen LogP contribution in [0.2, 0.25) is 5.28 Å². The van der Waals surface area contributed by atoms with Crippen LogP contribution in [-0.4, -0.2) is 41.5 Å². The van der Waals surface area contributed by atoms with Crippen molar-refractivity contribution in [3.63, 3.8) is 0 Å². The molecule has 0 spiro atoms. The van der Waals surface area contributed by atoms with Gasteiger partial charge in [0.15, 0.2) is 0 Å². The SMILES string of the molecule is COC(=O)c1cocc1-n1c(Cl)nn(C)c1=O.O=C(OC(Cl)(Cl)Cl)OC(Cl)(Cl)Cl. The van der Waals surface area contributed by atoms with Gasteiger partial charge in [-0.1, -0.05) is 0 Å². The molecular weight excluding hydrogens is 546 g/mol. The maximum Gasteiger partial charge on any atom is 0.515 e. The first-order valence-electron chi connectivity index (χ1n) is 6.68. The number of furan rings is 1. The number of carbonyl (C=O) groups excluding carboxylic acids is 2. The third-order valence-corrected chi connectivity index (χ3v) is 3.28. The molecule has 0 saturated carbocycles. The van der Waals surface area contributed by atoms with Gasteiger partial charge in [0, 0.05) is 7.05 Å². The summed E-state index contributed by atoms with van der Waals surface area (Å²) in [5.74, 6) is -0.624. The van der Waals surface area contributed by atoms with Crippen LogP contribution >= 0.6 is 81.2 Å². The molecule has 0 aliphatic rings. The normalized spacial score (nSPS) is 11.3. The molecule has 29 heavy (non-hydrogen) atoms. The summed E-state index contributed by atoms with van der Waals surface area (Å²) in [6.45, 7) is 0. The van der Waals surface area contributed by atoms with E-state index in [1.807, 2.05) is 0 Å². The number of aryl methyl sites for hydroxylation is 1. The van der Waals surface area contributed by atoms with Crippen LogP contribution in [0.25, 0.3) is 5.69 Å². The Morgan fingerprint density at radius 2 is 1.59 bits per heavy atom. The van der Waals surface area contributed by atoms with Crippen molar-refractivity contribution in [2.45, 2.75) is 7.96 Å². The number of nitrogens with zero attached hydrogens (tertiary/aromatic N) is 3. The molecule has 2 heterocycles. The van der Waals surface area contributed by atoms with E-state index in [4.69, 9.17) is 85.6 Å².